The zero-order chi connectivity index (χ0) is 16.2. The quantitative estimate of drug-likeness (QED) is 0.874. The first-order valence-corrected chi connectivity index (χ1v) is 8.87. The molecular weight excluding hydrogens is 310 g/mol. The zero-order valence-corrected chi connectivity index (χ0v) is 14.4. The predicted octanol–water partition coefficient (Wildman–Crippen LogP) is 1.74. The van der Waals surface area contributed by atoms with E-state index in [0.717, 1.165) is 34.4 Å². The first-order valence-electron chi connectivity index (χ1n) is 8.05. The Morgan fingerprint density at radius 1 is 1.52 bits per heavy atom. The molecule has 124 valence electrons. The second kappa shape index (κ2) is 7.23. The Kier molecular flexibility index (Phi) is 5.07. The van der Waals surface area contributed by atoms with E-state index < -0.39 is 0 Å². The van der Waals surface area contributed by atoms with Gasteiger partial charge in [0.2, 0.25) is 5.91 Å². The Hall–Kier alpha value is -1.73. The summed E-state index contributed by atoms with van der Waals surface area (Å²) in [5.74, 6) is 0.447. The Morgan fingerprint density at radius 2 is 2.39 bits per heavy atom. The number of hydrogen-bond donors (Lipinski definition) is 2. The fraction of sp³-hybridized carbons (Fsp3) is 0.562. The van der Waals surface area contributed by atoms with Gasteiger partial charge >= 0.3 is 0 Å². The normalized spacial score (nSPS) is 18.1. The van der Waals surface area contributed by atoms with E-state index in [1.165, 1.54) is 12.8 Å². The lowest BCUT2D eigenvalue weighted by molar-refractivity contribution is -0.122. The summed E-state index contributed by atoms with van der Waals surface area (Å²) in [6.45, 7) is 6.83. The average Bonchev–Trinajstić information content (AvgIpc) is 3.12. The van der Waals surface area contributed by atoms with Crippen LogP contribution in [0.2, 0.25) is 0 Å². The summed E-state index contributed by atoms with van der Waals surface area (Å²) in [6, 6.07) is 2.03. The highest BCUT2D eigenvalue weighted by atomic mass is 32.1. The van der Waals surface area contributed by atoms with Gasteiger partial charge in [0.1, 0.15) is 6.54 Å². The van der Waals surface area contributed by atoms with Gasteiger partial charge in [0.05, 0.1) is 22.9 Å². The van der Waals surface area contributed by atoms with Crippen molar-refractivity contribution in [2.45, 2.75) is 45.7 Å². The van der Waals surface area contributed by atoms with Crippen molar-refractivity contribution < 1.29 is 4.79 Å². The van der Waals surface area contributed by atoms with Crippen LogP contribution in [0.15, 0.2) is 12.3 Å². The van der Waals surface area contributed by atoms with Crippen LogP contribution in [0.5, 0.6) is 0 Å². The zero-order valence-electron chi connectivity index (χ0n) is 13.6. The SMILES string of the molecule is Cc1nc(C)c(CNC(=O)Cn2ccc([C@H]3CCCNC3)n2)s1. The van der Waals surface area contributed by atoms with Crippen molar-refractivity contribution in [3.8, 4) is 0 Å². The number of aromatic nitrogens is 3. The lowest BCUT2D eigenvalue weighted by atomic mass is 9.97. The van der Waals surface area contributed by atoms with E-state index in [0.29, 0.717) is 12.5 Å². The Labute approximate surface area is 140 Å². The molecule has 0 radical (unpaired) electrons. The number of aryl methyl sites for hydroxylation is 2. The van der Waals surface area contributed by atoms with Crippen LogP contribution in [-0.2, 0) is 17.9 Å². The molecule has 1 saturated heterocycles. The van der Waals surface area contributed by atoms with Crippen LogP contribution < -0.4 is 10.6 Å². The largest absolute Gasteiger partial charge is 0.350 e. The second-order valence-electron chi connectivity index (χ2n) is 6.00. The standard InChI is InChI=1S/C16H23N5OS/c1-11-15(23-12(2)19-11)9-18-16(22)10-21-7-5-14(20-21)13-4-3-6-17-8-13/h5,7,13,17H,3-4,6,8-10H2,1-2H3,(H,18,22)/t13-/m0/s1. The average molecular weight is 333 g/mol. The van der Waals surface area contributed by atoms with Gasteiger partial charge < -0.3 is 10.6 Å². The summed E-state index contributed by atoms with van der Waals surface area (Å²) in [4.78, 5) is 17.6. The third-order valence-electron chi connectivity index (χ3n) is 4.13. The van der Waals surface area contributed by atoms with Gasteiger partial charge in [-0.1, -0.05) is 0 Å². The first kappa shape index (κ1) is 16.1. The highest BCUT2D eigenvalue weighted by Gasteiger charge is 2.18. The fourth-order valence-corrected chi connectivity index (χ4v) is 3.78. The Morgan fingerprint density at radius 3 is 3.09 bits per heavy atom. The van der Waals surface area contributed by atoms with Gasteiger partial charge in [0.15, 0.2) is 0 Å². The van der Waals surface area contributed by atoms with Gasteiger partial charge in [-0.3, -0.25) is 9.48 Å². The maximum Gasteiger partial charge on any atom is 0.242 e. The molecule has 23 heavy (non-hydrogen) atoms. The number of piperidine rings is 1. The predicted molar refractivity (Wildman–Crippen MR) is 90.5 cm³/mol. The van der Waals surface area contributed by atoms with Crippen molar-refractivity contribution in [1.82, 2.24) is 25.4 Å². The highest BCUT2D eigenvalue weighted by Crippen LogP contribution is 2.21. The molecule has 1 fully saturated rings. The Bertz CT molecular complexity index is 672. The smallest absolute Gasteiger partial charge is 0.242 e. The van der Waals surface area contributed by atoms with Crippen LogP contribution in [0.1, 0.15) is 40.0 Å². The van der Waals surface area contributed by atoms with Crippen molar-refractivity contribution >= 4 is 17.2 Å². The second-order valence-corrected chi connectivity index (χ2v) is 7.29. The van der Waals surface area contributed by atoms with Crippen LogP contribution >= 0.6 is 11.3 Å². The number of carbonyl (C=O) groups excluding carboxylic acids is 1. The molecule has 2 aromatic rings. The summed E-state index contributed by atoms with van der Waals surface area (Å²) in [5.41, 5.74) is 2.08. The number of amides is 1. The van der Waals surface area contributed by atoms with E-state index >= 15 is 0 Å². The molecule has 1 amide bonds. The van der Waals surface area contributed by atoms with Gasteiger partial charge in [0, 0.05) is 23.5 Å². The first-order chi connectivity index (χ1) is 11.1. The molecule has 1 aliphatic rings. The minimum absolute atomic E-state index is 0.0214. The number of rotatable bonds is 5. The highest BCUT2D eigenvalue weighted by molar-refractivity contribution is 7.11. The monoisotopic (exact) mass is 333 g/mol. The number of carbonyl (C=O) groups is 1. The lowest BCUT2D eigenvalue weighted by Crippen LogP contribution is -2.29. The molecule has 7 heteroatoms. The molecule has 3 heterocycles. The van der Waals surface area contributed by atoms with Crippen LogP contribution in [0.3, 0.4) is 0 Å². The van der Waals surface area contributed by atoms with E-state index in [4.69, 9.17) is 0 Å². The molecule has 0 bridgehead atoms. The number of thiazole rings is 1. The maximum atomic E-state index is 12.1. The van der Waals surface area contributed by atoms with Gasteiger partial charge in [0.25, 0.3) is 0 Å². The molecular formula is C16H23N5OS. The fourth-order valence-electron chi connectivity index (χ4n) is 2.91. The molecule has 0 aliphatic carbocycles. The third-order valence-corrected chi connectivity index (χ3v) is 5.20. The molecule has 1 atom stereocenters. The molecule has 0 saturated carbocycles. The minimum Gasteiger partial charge on any atom is -0.350 e. The number of hydrogen-bond acceptors (Lipinski definition) is 5. The van der Waals surface area contributed by atoms with Crippen LogP contribution in [0, 0.1) is 13.8 Å². The van der Waals surface area contributed by atoms with E-state index in [2.05, 4.69) is 20.7 Å². The summed E-state index contributed by atoms with van der Waals surface area (Å²) < 4.78 is 1.73. The van der Waals surface area contributed by atoms with Crippen LogP contribution in [0.4, 0.5) is 0 Å². The van der Waals surface area contributed by atoms with Crippen molar-refractivity contribution in [1.29, 1.82) is 0 Å². The molecule has 0 spiro atoms. The topological polar surface area (TPSA) is 71.8 Å². The number of nitrogens with one attached hydrogen (secondary N) is 2. The van der Waals surface area contributed by atoms with E-state index in [9.17, 15) is 4.79 Å². The molecule has 0 unspecified atom stereocenters. The molecule has 2 aromatic heterocycles. The summed E-state index contributed by atoms with van der Waals surface area (Å²) in [6.07, 6.45) is 4.25. The molecule has 2 N–H and O–H groups in total. The maximum absolute atomic E-state index is 12.1. The third kappa shape index (κ3) is 4.17. The van der Waals surface area contributed by atoms with Crippen molar-refractivity contribution in [3.05, 3.63) is 33.5 Å². The lowest BCUT2D eigenvalue weighted by Gasteiger charge is -2.20. The summed E-state index contributed by atoms with van der Waals surface area (Å²) >= 11 is 1.63. The van der Waals surface area contributed by atoms with E-state index in [1.807, 2.05) is 26.1 Å². The van der Waals surface area contributed by atoms with Crippen molar-refractivity contribution in [2.24, 2.45) is 0 Å². The number of nitrogens with zero attached hydrogens (tertiary/aromatic N) is 3. The summed E-state index contributed by atoms with van der Waals surface area (Å²) in [7, 11) is 0. The van der Waals surface area contributed by atoms with Crippen LogP contribution in [0.25, 0.3) is 0 Å². The molecule has 3 rings (SSSR count). The molecule has 6 nitrogen and oxygen atoms in total. The van der Waals surface area contributed by atoms with Gasteiger partial charge in [-0.15, -0.1) is 11.3 Å². The van der Waals surface area contributed by atoms with E-state index in [-0.39, 0.29) is 12.5 Å². The van der Waals surface area contributed by atoms with Gasteiger partial charge in [-0.25, -0.2) is 4.98 Å². The molecule has 0 aromatic carbocycles. The van der Waals surface area contributed by atoms with Crippen molar-refractivity contribution in [3.63, 3.8) is 0 Å². The summed E-state index contributed by atoms with van der Waals surface area (Å²) in [5, 5.41) is 11.9. The molecule has 1 aliphatic heterocycles. The van der Waals surface area contributed by atoms with Gasteiger partial charge in [-0.05, 0) is 39.3 Å². The van der Waals surface area contributed by atoms with E-state index in [1.54, 1.807) is 16.0 Å². The minimum atomic E-state index is -0.0214. The van der Waals surface area contributed by atoms with Gasteiger partial charge in [-0.2, -0.15) is 5.10 Å². The van der Waals surface area contributed by atoms with Crippen LogP contribution in [-0.4, -0.2) is 33.8 Å². The Balaban J connectivity index is 1.51. The van der Waals surface area contributed by atoms with Crippen molar-refractivity contribution in [2.75, 3.05) is 13.1 Å².